The molecule has 6 heteroatoms. The van der Waals surface area contributed by atoms with Crippen molar-refractivity contribution in [3.63, 3.8) is 0 Å². The van der Waals surface area contributed by atoms with Gasteiger partial charge in [0, 0.05) is 23.1 Å². The summed E-state index contributed by atoms with van der Waals surface area (Å²) in [4.78, 5) is 0. The molecule has 0 saturated heterocycles. The van der Waals surface area contributed by atoms with Crippen molar-refractivity contribution >= 4 is 19.7 Å². The lowest BCUT2D eigenvalue weighted by Crippen LogP contribution is -2.46. The highest BCUT2D eigenvalue weighted by Crippen LogP contribution is 2.40. The molecule has 1 rings (SSSR count). The van der Waals surface area contributed by atoms with Crippen LogP contribution in [0.4, 0.5) is 0 Å². The maximum atomic E-state index is 12.0. The molecule has 1 heterocycles. The molecule has 0 fully saturated rings. The first-order valence-corrected chi connectivity index (χ1v) is 8.40. The molecule has 94 valence electrons. The van der Waals surface area contributed by atoms with E-state index in [2.05, 4.69) is 0 Å². The number of hydrogen-bond donors (Lipinski definition) is 0. The lowest BCUT2D eigenvalue weighted by atomic mass is 10.00. The Labute approximate surface area is 101 Å². The van der Waals surface area contributed by atoms with Crippen LogP contribution in [0, 0.1) is 5.21 Å². The van der Waals surface area contributed by atoms with Gasteiger partial charge in [-0.3, -0.25) is 0 Å². The number of hydrogen-bond acceptors (Lipinski definition) is 5. The van der Waals surface area contributed by atoms with E-state index in [9.17, 15) is 13.6 Å². The number of hydroxylamine groups is 2. The summed E-state index contributed by atoms with van der Waals surface area (Å²) < 4.78 is 22.2. The van der Waals surface area contributed by atoms with Gasteiger partial charge in [-0.15, -0.1) is 0 Å². The normalized spacial score (nSPS) is 24.5. The predicted molar refractivity (Wildman–Crippen MR) is 68.7 cm³/mol. The van der Waals surface area contributed by atoms with Crippen molar-refractivity contribution in [1.82, 2.24) is 5.06 Å². The molecule has 0 aliphatic carbocycles. The molecule has 0 bridgehead atoms. The quantitative estimate of drug-likeness (QED) is 0.443. The summed E-state index contributed by atoms with van der Waals surface area (Å²) >= 11 is 0. The van der Waals surface area contributed by atoms with E-state index >= 15 is 0 Å². The first kappa shape index (κ1) is 14.0. The zero-order valence-corrected chi connectivity index (χ0v) is 11.9. The molecule has 0 aromatic carbocycles. The van der Waals surface area contributed by atoms with Gasteiger partial charge in [-0.05, 0) is 44.1 Å². The van der Waals surface area contributed by atoms with E-state index in [4.69, 9.17) is 0 Å². The summed E-state index contributed by atoms with van der Waals surface area (Å²) in [6.45, 7) is 7.31. The van der Waals surface area contributed by atoms with Crippen molar-refractivity contribution in [2.45, 2.75) is 38.8 Å². The first-order chi connectivity index (χ1) is 6.97. The van der Waals surface area contributed by atoms with Crippen LogP contribution >= 0.6 is 10.8 Å². The van der Waals surface area contributed by atoms with Crippen LogP contribution in [0.3, 0.4) is 0 Å². The van der Waals surface area contributed by atoms with Gasteiger partial charge in [-0.25, -0.2) is 8.42 Å². The van der Waals surface area contributed by atoms with Gasteiger partial charge in [0.1, 0.15) is 0 Å². The molecule has 16 heavy (non-hydrogen) atoms. The van der Waals surface area contributed by atoms with Crippen molar-refractivity contribution in [2.24, 2.45) is 0 Å². The van der Waals surface area contributed by atoms with E-state index in [0.717, 1.165) is 21.4 Å². The minimum atomic E-state index is -3.06. The predicted octanol–water partition coefficient (Wildman–Crippen LogP) is 1.98. The molecule has 0 spiro atoms. The maximum absolute atomic E-state index is 12.0. The summed E-state index contributed by atoms with van der Waals surface area (Å²) in [6, 6.07) is 0. The van der Waals surface area contributed by atoms with Crippen LogP contribution in [0.25, 0.3) is 0 Å². The van der Waals surface area contributed by atoms with E-state index in [1.165, 1.54) is 6.26 Å². The lowest BCUT2D eigenvalue weighted by Gasteiger charge is -2.47. The van der Waals surface area contributed by atoms with Crippen molar-refractivity contribution in [3.05, 3.63) is 16.9 Å². The smallest absolute Gasteiger partial charge is 0.199 e. The highest BCUT2D eigenvalue weighted by Gasteiger charge is 2.39. The summed E-state index contributed by atoms with van der Waals surface area (Å²) in [5.74, 6) is 0.355. The molecule has 0 unspecified atom stereocenters. The molecule has 0 aromatic rings. The highest BCUT2D eigenvalue weighted by molar-refractivity contribution is 8.71. The monoisotopic (exact) mass is 265 g/mol. The second kappa shape index (κ2) is 4.01. The minimum absolute atomic E-state index is 0.355. The van der Waals surface area contributed by atoms with Gasteiger partial charge in [0.2, 0.25) is 0 Å². The Balaban J connectivity index is 2.89. The van der Waals surface area contributed by atoms with Crippen molar-refractivity contribution in [2.75, 3.05) is 12.0 Å². The third-order valence-corrected chi connectivity index (χ3v) is 5.27. The van der Waals surface area contributed by atoms with E-state index in [1.807, 2.05) is 33.8 Å². The van der Waals surface area contributed by atoms with Crippen molar-refractivity contribution in [3.8, 4) is 0 Å². The SMILES string of the molecule is CC1(C)C=C(CSS(C)(=O)=O)C(C)(C)[15N]1[O-]. The van der Waals surface area contributed by atoms with Crippen LogP contribution in [0.1, 0.15) is 27.7 Å². The van der Waals surface area contributed by atoms with Crippen LogP contribution in [0.2, 0.25) is 0 Å². The van der Waals surface area contributed by atoms with Crippen LogP contribution in [0.15, 0.2) is 11.6 Å². The zero-order chi connectivity index (χ0) is 12.8. The number of nitrogens with zero attached hydrogens (tertiary/aromatic N) is 1. The fraction of sp³-hybridized carbons (Fsp3) is 0.800. The Hall–Kier alpha value is -0.0400. The van der Waals surface area contributed by atoms with Gasteiger partial charge in [-0.1, -0.05) is 6.08 Å². The largest absolute Gasteiger partial charge is 0.784 e. The molecule has 4 nitrogen and oxygen atoms in total. The van der Waals surface area contributed by atoms with E-state index in [-0.39, 0.29) is 0 Å². The van der Waals surface area contributed by atoms with Crippen molar-refractivity contribution < 1.29 is 8.42 Å². The fourth-order valence-electron chi connectivity index (χ4n) is 1.90. The minimum Gasteiger partial charge on any atom is -0.784 e. The van der Waals surface area contributed by atoms with Crippen LogP contribution < -0.4 is 0 Å². The molecule has 0 aromatic heterocycles. The summed E-state index contributed by atoms with van der Waals surface area (Å²) in [5, 5.41) is 13.0. The standard InChI is InChI=1S/C10H18NO3S2/c1-9(2)6-8(7-15-16(5,13)14)10(3,4)11(9)12/h6H,7H2,1-5H3/q-1/i11+1. The highest BCUT2D eigenvalue weighted by atomic mass is 33.1. The zero-order valence-electron chi connectivity index (χ0n) is 10.3. The average Bonchev–Trinajstić information content (AvgIpc) is 2.22. The second-order valence-corrected chi connectivity index (χ2v) is 9.60. The Bertz CT molecular complexity index is 410. The Kier molecular flexibility index (Phi) is 3.52. The Morgan fingerprint density at radius 1 is 1.38 bits per heavy atom. The lowest BCUT2D eigenvalue weighted by molar-refractivity contribution is 0.159. The molecular weight excluding hydrogens is 247 g/mol. The average molecular weight is 265 g/mol. The molecule has 0 radical (unpaired) electrons. The fourth-order valence-corrected chi connectivity index (χ4v) is 3.70. The van der Waals surface area contributed by atoms with Crippen LogP contribution in [0.5, 0.6) is 0 Å². The second-order valence-electron chi connectivity index (χ2n) is 5.14. The molecule has 0 saturated carbocycles. The molecule has 0 amide bonds. The topological polar surface area (TPSA) is 60.4 Å². The Morgan fingerprint density at radius 2 is 1.88 bits per heavy atom. The molecule has 1 aliphatic heterocycles. The van der Waals surface area contributed by atoms with Crippen LogP contribution in [-0.4, -0.2) is 36.6 Å². The maximum Gasteiger partial charge on any atom is 0.199 e. The van der Waals surface area contributed by atoms with Gasteiger partial charge in [0.25, 0.3) is 0 Å². The summed E-state index contributed by atoms with van der Waals surface area (Å²) in [7, 11) is -2.19. The van der Waals surface area contributed by atoms with E-state index < -0.39 is 19.9 Å². The van der Waals surface area contributed by atoms with Gasteiger partial charge in [0.05, 0.1) is 0 Å². The van der Waals surface area contributed by atoms with Gasteiger partial charge in [0.15, 0.2) is 8.87 Å². The first-order valence-electron chi connectivity index (χ1n) is 5.01. The Morgan fingerprint density at radius 3 is 2.19 bits per heavy atom. The van der Waals surface area contributed by atoms with Crippen molar-refractivity contribution in [1.29, 1.82) is 0 Å². The van der Waals surface area contributed by atoms with Gasteiger partial charge < -0.3 is 10.3 Å². The third kappa shape index (κ3) is 2.80. The molecule has 1 aliphatic rings. The van der Waals surface area contributed by atoms with E-state index in [0.29, 0.717) is 5.75 Å². The summed E-state index contributed by atoms with van der Waals surface area (Å²) in [5.41, 5.74) is -0.305. The number of rotatable bonds is 3. The molecule has 0 N–H and O–H groups in total. The third-order valence-electron chi connectivity index (χ3n) is 2.77. The van der Waals surface area contributed by atoms with Gasteiger partial charge in [-0.2, -0.15) is 0 Å². The molecular formula is C10H18NO3S2-. The van der Waals surface area contributed by atoms with E-state index in [1.54, 1.807) is 0 Å². The summed E-state index contributed by atoms with van der Waals surface area (Å²) in [6.07, 6.45) is 3.05. The van der Waals surface area contributed by atoms with Gasteiger partial charge >= 0.3 is 0 Å². The van der Waals surface area contributed by atoms with Crippen LogP contribution in [-0.2, 0) is 8.87 Å². The molecule has 0 atom stereocenters.